The zero-order valence-electron chi connectivity index (χ0n) is 33.9. The summed E-state index contributed by atoms with van der Waals surface area (Å²) in [6, 6.07) is 4.24. The first kappa shape index (κ1) is 43.9. The maximum absolute atomic E-state index is 14.9. The number of benzene rings is 1. The minimum absolute atomic E-state index is 0.0894. The molecule has 2 aliphatic carbocycles. The lowest BCUT2D eigenvalue weighted by atomic mass is 9.87. The Hall–Kier alpha value is -4.65. The summed E-state index contributed by atoms with van der Waals surface area (Å²) in [5.74, 6) is -3.37. The van der Waals surface area contributed by atoms with Crippen molar-refractivity contribution in [1.29, 1.82) is 0 Å². The van der Waals surface area contributed by atoms with Crippen LogP contribution in [-0.4, -0.2) is 110 Å². The quantitative estimate of drug-likeness (QED) is 0.285. The van der Waals surface area contributed by atoms with Gasteiger partial charge in [-0.05, 0) is 71.3 Å². The molecule has 7 unspecified atom stereocenters. The molecular formula is C40H52F3N5O10S. The van der Waals surface area contributed by atoms with Crippen molar-refractivity contribution < 1.29 is 59.7 Å². The van der Waals surface area contributed by atoms with E-state index in [1.165, 1.54) is 32.2 Å². The standard InChI is InChI=1S/C40H52F3N5O10S/c1-23-11-7-8-12-25-19-39(25,35(51)47-59(53,54)38(4)15-16-38)46-32(49)29-18-26(57-33-28-14-10-9-13-27(28)30(56-6)20-44-33)21-48(29)34(50)31(24(17-23)22-55-5)45-36(52)58-37(2,3)40(41,42)43/h8-10,12-14,20,23-26,29,31H,7,11,15-19,21-22H2,1-6H3,(H,45,52)(H,46,49)(H,47,51). The highest BCUT2D eigenvalue weighted by Crippen LogP contribution is 2.48. The molecule has 2 aromatic rings. The van der Waals surface area contributed by atoms with Gasteiger partial charge in [0, 0.05) is 36.1 Å². The maximum atomic E-state index is 14.9. The summed E-state index contributed by atoms with van der Waals surface area (Å²) >= 11 is 0. The van der Waals surface area contributed by atoms with Crippen molar-refractivity contribution in [2.24, 2.45) is 17.8 Å². The van der Waals surface area contributed by atoms with E-state index in [9.17, 15) is 40.8 Å². The summed E-state index contributed by atoms with van der Waals surface area (Å²) < 4.78 is 91.1. The number of methoxy groups -OCH3 is 2. The Labute approximate surface area is 341 Å². The number of sulfonamides is 1. The van der Waals surface area contributed by atoms with Gasteiger partial charge in [-0.15, -0.1) is 0 Å². The summed E-state index contributed by atoms with van der Waals surface area (Å²) in [6.45, 7) is 4.47. The molecule has 2 saturated carbocycles. The molecule has 0 bridgehead atoms. The lowest BCUT2D eigenvalue weighted by molar-refractivity contribution is -0.244. The Bertz CT molecular complexity index is 2090. The molecule has 6 rings (SSSR count). The number of pyridine rings is 1. The largest absolute Gasteiger partial charge is 0.494 e. The number of aromatic nitrogens is 1. The topological polar surface area (TPSA) is 192 Å². The molecule has 3 fully saturated rings. The van der Waals surface area contributed by atoms with Gasteiger partial charge in [0.15, 0.2) is 0 Å². The van der Waals surface area contributed by atoms with E-state index in [2.05, 4.69) is 20.3 Å². The Morgan fingerprint density at radius 3 is 2.42 bits per heavy atom. The first-order chi connectivity index (χ1) is 27.6. The van der Waals surface area contributed by atoms with E-state index < -0.39 is 85.9 Å². The Balaban J connectivity index is 1.38. The lowest BCUT2D eigenvalue weighted by Crippen LogP contribution is -2.60. The van der Waals surface area contributed by atoms with E-state index in [4.69, 9.17) is 18.9 Å². The first-order valence-corrected chi connectivity index (χ1v) is 21.1. The van der Waals surface area contributed by atoms with Crippen molar-refractivity contribution in [3.05, 3.63) is 42.6 Å². The molecule has 2 aliphatic heterocycles. The fraction of sp³-hybridized carbons (Fsp3) is 0.625. The average molecular weight is 852 g/mol. The van der Waals surface area contributed by atoms with E-state index in [-0.39, 0.29) is 44.2 Å². The molecule has 3 N–H and O–H groups in total. The van der Waals surface area contributed by atoms with E-state index in [1.54, 1.807) is 30.3 Å². The van der Waals surface area contributed by atoms with Crippen LogP contribution in [0.1, 0.15) is 72.6 Å². The molecule has 15 nitrogen and oxygen atoms in total. The number of alkyl halides is 3. The SMILES string of the molecule is COCC1CC(C)CCC=CC2CC2(C(=O)NS(=O)(=O)C2(C)CC2)NC(=O)C2CC(Oc3ncc(OC)c4ccccc34)CN2C(=O)C1NC(=O)OC(C)(C)C(F)(F)F. The number of rotatable bonds is 10. The molecule has 59 heavy (non-hydrogen) atoms. The summed E-state index contributed by atoms with van der Waals surface area (Å²) in [5, 5.41) is 6.43. The Morgan fingerprint density at radius 1 is 1.08 bits per heavy atom. The van der Waals surface area contributed by atoms with Gasteiger partial charge in [0.25, 0.3) is 5.91 Å². The molecule has 3 heterocycles. The van der Waals surface area contributed by atoms with Gasteiger partial charge in [0.05, 0.1) is 31.2 Å². The Morgan fingerprint density at radius 2 is 1.78 bits per heavy atom. The lowest BCUT2D eigenvalue weighted by Gasteiger charge is -2.35. The number of hydrogen-bond acceptors (Lipinski definition) is 11. The number of ether oxygens (including phenoxy) is 4. The third kappa shape index (κ3) is 9.10. The Kier molecular flexibility index (Phi) is 12.2. The highest BCUT2D eigenvalue weighted by atomic mass is 32.2. The molecule has 19 heteroatoms. The second-order valence-corrected chi connectivity index (χ2v) is 19.1. The number of halogens is 3. The van der Waals surface area contributed by atoms with Crippen LogP contribution in [0.3, 0.4) is 0 Å². The van der Waals surface area contributed by atoms with Crippen molar-refractivity contribution in [2.75, 3.05) is 27.4 Å². The van der Waals surface area contributed by atoms with Gasteiger partial charge >= 0.3 is 12.3 Å². The molecule has 1 saturated heterocycles. The number of carbonyl (C=O) groups is 4. The monoisotopic (exact) mass is 851 g/mol. The van der Waals surface area contributed by atoms with Crippen LogP contribution >= 0.6 is 0 Å². The normalized spacial score (nSPS) is 28.6. The molecular weight excluding hydrogens is 800 g/mol. The van der Waals surface area contributed by atoms with Crippen LogP contribution in [0.15, 0.2) is 42.6 Å². The average Bonchev–Trinajstić information content (AvgIpc) is 4.04. The molecule has 324 valence electrons. The summed E-state index contributed by atoms with van der Waals surface area (Å²) in [5.41, 5.74) is -4.58. The fourth-order valence-electron chi connectivity index (χ4n) is 7.79. The molecule has 1 aromatic heterocycles. The fourth-order valence-corrected chi connectivity index (χ4v) is 9.10. The third-order valence-corrected chi connectivity index (χ3v) is 14.1. The maximum Gasteiger partial charge on any atom is 0.427 e. The van der Waals surface area contributed by atoms with Crippen molar-refractivity contribution in [1.82, 2.24) is 25.2 Å². The highest BCUT2D eigenvalue weighted by Gasteiger charge is 2.63. The smallest absolute Gasteiger partial charge is 0.427 e. The van der Waals surface area contributed by atoms with Crippen molar-refractivity contribution in [2.45, 2.75) is 113 Å². The number of amides is 4. The molecule has 1 aromatic carbocycles. The highest BCUT2D eigenvalue weighted by molar-refractivity contribution is 7.91. The second-order valence-electron chi connectivity index (χ2n) is 16.9. The van der Waals surface area contributed by atoms with Gasteiger partial charge in [-0.2, -0.15) is 13.2 Å². The number of nitrogens with zero attached hydrogens (tertiary/aromatic N) is 2. The number of fused-ring (bicyclic) bond motifs is 3. The van der Waals surface area contributed by atoms with E-state index in [0.29, 0.717) is 56.1 Å². The van der Waals surface area contributed by atoms with E-state index >= 15 is 0 Å². The summed E-state index contributed by atoms with van der Waals surface area (Å²) in [6.07, 6.45) is -0.215. The molecule has 7 atom stereocenters. The van der Waals surface area contributed by atoms with E-state index in [1.807, 2.05) is 13.0 Å². The van der Waals surface area contributed by atoms with Crippen LogP contribution in [0.25, 0.3) is 10.8 Å². The molecule has 4 aliphatic rings. The van der Waals surface area contributed by atoms with Crippen LogP contribution in [0.4, 0.5) is 18.0 Å². The summed E-state index contributed by atoms with van der Waals surface area (Å²) in [7, 11) is -1.21. The minimum atomic E-state index is -4.94. The predicted octanol–water partition coefficient (Wildman–Crippen LogP) is 4.54. The van der Waals surface area contributed by atoms with Gasteiger partial charge in [-0.25, -0.2) is 18.2 Å². The van der Waals surface area contributed by atoms with Gasteiger partial charge in [0.2, 0.25) is 33.3 Å². The van der Waals surface area contributed by atoms with E-state index in [0.717, 1.165) is 0 Å². The number of nitrogens with one attached hydrogen (secondary N) is 3. The van der Waals surface area contributed by atoms with Crippen LogP contribution < -0.4 is 24.8 Å². The van der Waals surface area contributed by atoms with Crippen molar-refractivity contribution in [3.8, 4) is 11.6 Å². The van der Waals surface area contributed by atoms with Crippen LogP contribution in [0, 0.1) is 17.8 Å². The summed E-state index contributed by atoms with van der Waals surface area (Å²) in [4.78, 5) is 62.3. The van der Waals surface area contributed by atoms with Crippen molar-refractivity contribution >= 4 is 44.6 Å². The molecule has 0 radical (unpaired) electrons. The van der Waals surface area contributed by atoms with Crippen LogP contribution in [-0.2, 0) is 33.9 Å². The number of allylic oxidation sites excluding steroid dienone is 1. The first-order valence-electron chi connectivity index (χ1n) is 19.6. The molecule has 4 amide bonds. The molecule has 0 spiro atoms. The predicted molar refractivity (Wildman–Crippen MR) is 208 cm³/mol. The van der Waals surface area contributed by atoms with Gasteiger partial charge in [-0.3, -0.25) is 19.1 Å². The number of hydrogen-bond donors (Lipinski definition) is 3. The van der Waals surface area contributed by atoms with Crippen molar-refractivity contribution in [3.63, 3.8) is 0 Å². The van der Waals surface area contributed by atoms with Crippen LogP contribution in [0.2, 0.25) is 0 Å². The zero-order chi connectivity index (χ0) is 43.1. The van der Waals surface area contributed by atoms with Crippen LogP contribution in [0.5, 0.6) is 11.6 Å². The zero-order valence-corrected chi connectivity index (χ0v) is 34.7. The van der Waals surface area contributed by atoms with Gasteiger partial charge in [-0.1, -0.05) is 37.3 Å². The van der Waals surface area contributed by atoms with Gasteiger partial charge < -0.3 is 34.5 Å². The second kappa shape index (κ2) is 16.4. The minimum Gasteiger partial charge on any atom is -0.494 e. The third-order valence-electron chi connectivity index (χ3n) is 12.0. The number of alkyl carbamates (subject to hydrolysis) is 1. The number of carbonyl (C=O) groups excluding carboxylic acids is 4. The van der Waals surface area contributed by atoms with Gasteiger partial charge in [0.1, 0.15) is 29.5 Å².